The summed E-state index contributed by atoms with van der Waals surface area (Å²) in [6.07, 6.45) is 2.73. The first kappa shape index (κ1) is 21.3. The normalized spacial score (nSPS) is 11.3. The summed E-state index contributed by atoms with van der Waals surface area (Å²) in [5.41, 5.74) is 1.91. The third-order valence-corrected chi connectivity index (χ3v) is 6.38. The molecule has 1 amide bonds. The maximum absolute atomic E-state index is 12.7. The lowest BCUT2D eigenvalue weighted by molar-refractivity contribution is 0.103. The van der Waals surface area contributed by atoms with Crippen LogP contribution in [0.5, 0.6) is 5.75 Å². The van der Waals surface area contributed by atoms with E-state index >= 15 is 0 Å². The van der Waals surface area contributed by atoms with Crippen molar-refractivity contribution in [2.75, 3.05) is 18.2 Å². The van der Waals surface area contributed by atoms with Gasteiger partial charge in [-0.25, -0.2) is 8.42 Å². The van der Waals surface area contributed by atoms with Gasteiger partial charge in [-0.05, 0) is 50.2 Å². The quantitative estimate of drug-likeness (QED) is 0.581. The fraction of sp³-hybridized carbons (Fsp3) is 0.200. The minimum absolute atomic E-state index is 0.0435. The molecule has 1 N–H and O–H groups in total. The van der Waals surface area contributed by atoms with Crippen LogP contribution in [0.3, 0.4) is 0 Å². The van der Waals surface area contributed by atoms with Crippen molar-refractivity contribution < 1.29 is 17.9 Å². The molecule has 0 aliphatic rings. The summed E-state index contributed by atoms with van der Waals surface area (Å²) in [5.74, 6) is 0.335. The lowest BCUT2D eigenvalue weighted by Gasteiger charge is -2.07. The summed E-state index contributed by atoms with van der Waals surface area (Å²) in [5, 5.41) is 2.94. The first-order valence-electron chi connectivity index (χ1n) is 8.69. The molecule has 3 rings (SSSR count). The van der Waals surface area contributed by atoms with Crippen LogP contribution in [0.2, 0.25) is 5.02 Å². The van der Waals surface area contributed by atoms with Crippen LogP contribution in [-0.2, 0) is 9.84 Å². The fourth-order valence-electron chi connectivity index (χ4n) is 2.68. The van der Waals surface area contributed by atoms with Gasteiger partial charge in [0.25, 0.3) is 5.91 Å². The highest BCUT2D eigenvalue weighted by atomic mass is 35.5. The zero-order valence-electron chi connectivity index (χ0n) is 16.0. The molecule has 0 fully saturated rings. The van der Waals surface area contributed by atoms with E-state index in [0.717, 1.165) is 22.4 Å². The number of amides is 1. The minimum Gasteiger partial charge on any atom is -0.492 e. The minimum atomic E-state index is -3.45. The van der Waals surface area contributed by atoms with Crippen molar-refractivity contribution in [1.29, 1.82) is 0 Å². The standard InChI is InChI=1S/C20H19ClN2O4S2/c1-4-27-15-5-6-18(22-11-15)17-10-19(28-12(17)2)20(24)23-14-7-13(21)8-16(9-14)29(3,25)26/h5-11H,4H2,1-3H3,(H,23,24). The number of ether oxygens (including phenoxy) is 1. The van der Waals surface area contributed by atoms with Gasteiger partial charge in [-0.1, -0.05) is 11.6 Å². The summed E-state index contributed by atoms with van der Waals surface area (Å²) < 4.78 is 29.0. The monoisotopic (exact) mass is 450 g/mol. The number of sulfone groups is 1. The van der Waals surface area contributed by atoms with Gasteiger partial charge in [-0.15, -0.1) is 11.3 Å². The second-order valence-electron chi connectivity index (χ2n) is 6.29. The van der Waals surface area contributed by atoms with Crippen LogP contribution in [0.15, 0.2) is 47.5 Å². The average molecular weight is 451 g/mol. The van der Waals surface area contributed by atoms with Gasteiger partial charge >= 0.3 is 0 Å². The molecule has 0 atom stereocenters. The molecule has 2 heterocycles. The second kappa shape index (κ2) is 8.52. The van der Waals surface area contributed by atoms with Gasteiger partial charge in [0.1, 0.15) is 5.75 Å². The Labute approximate surface area is 178 Å². The number of aryl methyl sites for hydroxylation is 1. The van der Waals surface area contributed by atoms with E-state index in [1.165, 1.54) is 29.5 Å². The van der Waals surface area contributed by atoms with Crippen LogP contribution in [0.25, 0.3) is 11.3 Å². The Morgan fingerprint density at radius 2 is 2.00 bits per heavy atom. The number of aromatic nitrogens is 1. The number of carbonyl (C=O) groups is 1. The predicted octanol–water partition coefficient (Wildman–Crippen LogP) is 4.83. The number of nitrogens with zero attached hydrogens (tertiary/aromatic N) is 1. The first-order chi connectivity index (χ1) is 13.7. The number of anilines is 1. The lowest BCUT2D eigenvalue weighted by Crippen LogP contribution is -2.11. The van der Waals surface area contributed by atoms with Gasteiger partial charge in [0.05, 0.1) is 28.3 Å². The number of pyridine rings is 1. The number of hydrogen-bond acceptors (Lipinski definition) is 6. The highest BCUT2D eigenvalue weighted by Gasteiger charge is 2.16. The van der Waals surface area contributed by atoms with Crippen molar-refractivity contribution in [3.05, 3.63) is 57.4 Å². The molecular weight excluding hydrogens is 432 g/mol. The fourth-order valence-corrected chi connectivity index (χ4v) is 4.59. The van der Waals surface area contributed by atoms with E-state index < -0.39 is 9.84 Å². The molecule has 1 aromatic carbocycles. The second-order valence-corrected chi connectivity index (χ2v) is 10.0. The molecule has 0 saturated carbocycles. The number of hydrogen-bond donors (Lipinski definition) is 1. The number of benzene rings is 1. The van der Waals surface area contributed by atoms with Crippen LogP contribution < -0.4 is 10.1 Å². The molecule has 0 unspecified atom stereocenters. The van der Waals surface area contributed by atoms with Gasteiger partial charge in [0.2, 0.25) is 0 Å². The van der Waals surface area contributed by atoms with Crippen molar-refractivity contribution in [1.82, 2.24) is 4.98 Å². The highest BCUT2D eigenvalue weighted by Crippen LogP contribution is 2.31. The van der Waals surface area contributed by atoms with Crippen LogP contribution in [-0.4, -0.2) is 32.2 Å². The Morgan fingerprint density at radius 1 is 1.24 bits per heavy atom. The van der Waals surface area contributed by atoms with Crippen molar-refractivity contribution >= 4 is 44.4 Å². The third-order valence-electron chi connectivity index (χ3n) is 4.02. The molecule has 0 aliphatic carbocycles. The molecule has 6 nitrogen and oxygen atoms in total. The topological polar surface area (TPSA) is 85.4 Å². The zero-order valence-corrected chi connectivity index (χ0v) is 18.4. The Balaban J connectivity index is 1.84. The van der Waals surface area contributed by atoms with Crippen molar-refractivity contribution in [2.45, 2.75) is 18.7 Å². The van der Waals surface area contributed by atoms with E-state index in [-0.39, 0.29) is 15.8 Å². The van der Waals surface area contributed by atoms with Crippen LogP contribution in [0.1, 0.15) is 21.5 Å². The molecule has 3 aromatic rings. The van der Waals surface area contributed by atoms with Gasteiger partial charge in [-0.2, -0.15) is 0 Å². The Kier molecular flexibility index (Phi) is 6.26. The van der Waals surface area contributed by atoms with Crippen LogP contribution in [0.4, 0.5) is 5.69 Å². The molecule has 0 saturated heterocycles. The van der Waals surface area contributed by atoms with Crippen molar-refractivity contribution in [3.63, 3.8) is 0 Å². The molecule has 29 heavy (non-hydrogen) atoms. The van der Waals surface area contributed by atoms with Crippen molar-refractivity contribution in [3.8, 4) is 17.0 Å². The highest BCUT2D eigenvalue weighted by molar-refractivity contribution is 7.90. The lowest BCUT2D eigenvalue weighted by atomic mass is 10.1. The van der Waals surface area contributed by atoms with Gasteiger partial charge in [0, 0.05) is 27.4 Å². The summed E-state index contributed by atoms with van der Waals surface area (Å²) in [6.45, 7) is 4.38. The smallest absolute Gasteiger partial charge is 0.265 e. The van der Waals surface area contributed by atoms with E-state index in [4.69, 9.17) is 16.3 Å². The van der Waals surface area contributed by atoms with Crippen molar-refractivity contribution in [2.24, 2.45) is 0 Å². The number of thiophene rings is 1. The van der Waals surface area contributed by atoms with Crippen LogP contribution >= 0.6 is 22.9 Å². The largest absolute Gasteiger partial charge is 0.492 e. The van der Waals surface area contributed by atoms with E-state index in [0.29, 0.717) is 22.9 Å². The van der Waals surface area contributed by atoms with Gasteiger partial charge in [-0.3, -0.25) is 9.78 Å². The number of rotatable bonds is 6. The molecule has 0 spiro atoms. The molecule has 152 valence electrons. The van der Waals surface area contributed by atoms with Gasteiger partial charge in [0.15, 0.2) is 9.84 Å². The summed E-state index contributed by atoms with van der Waals surface area (Å²) in [6, 6.07) is 9.67. The third kappa shape index (κ3) is 5.14. The maximum Gasteiger partial charge on any atom is 0.265 e. The number of halogens is 1. The maximum atomic E-state index is 12.7. The number of carbonyl (C=O) groups excluding carboxylic acids is 1. The SMILES string of the molecule is CCOc1ccc(-c2cc(C(=O)Nc3cc(Cl)cc(S(C)(=O)=O)c3)sc2C)nc1. The summed E-state index contributed by atoms with van der Waals surface area (Å²) in [4.78, 5) is 18.6. The summed E-state index contributed by atoms with van der Waals surface area (Å²) >= 11 is 7.33. The molecule has 9 heteroatoms. The zero-order chi connectivity index (χ0) is 21.2. The van der Waals surface area contributed by atoms with E-state index in [1.807, 2.05) is 26.0 Å². The predicted molar refractivity (Wildman–Crippen MR) is 116 cm³/mol. The van der Waals surface area contributed by atoms with E-state index in [9.17, 15) is 13.2 Å². The van der Waals surface area contributed by atoms with E-state index in [1.54, 1.807) is 12.3 Å². The molecule has 0 radical (unpaired) electrons. The van der Waals surface area contributed by atoms with Gasteiger partial charge < -0.3 is 10.1 Å². The first-order valence-corrected chi connectivity index (χ1v) is 11.8. The Hall–Kier alpha value is -2.42. The molecule has 0 bridgehead atoms. The Bertz CT molecular complexity index is 1160. The van der Waals surface area contributed by atoms with E-state index in [2.05, 4.69) is 10.3 Å². The summed E-state index contributed by atoms with van der Waals surface area (Å²) in [7, 11) is -3.45. The molecular formula is C20H19ClN2O4S2. The van der Waals surface area contributed by atoms with Crippen LogP contribution in [0, 0.1) is 6.92 Å². The Morgan fingerprint density at radius 3 is 2.62 bits per heavy atom. The number of nitrogens with one attached hydrogen (secondary N) is 1. The molecule has 2 aromatic heterocycles. The average Bonchev–Trinajstić information content (AvgIpc) is 3.03. The molecule has 0 aliphatic heterocycles.